The van der Waals surface area contributed by atoms with Gasteiger partial charge in [0.05, 0.1) is 5.92 Å². The molecule has 1 aliphatic heterocycles. The zero-order valence-corrected chi connectivity index (χ0v) is 15.0. The van der Waals surface area contributed by atoms with Gasteiger partial charge in [0.15, 0.2) is 0 Å². The van der Waals surface area contributed by atoms with Crippen LogP contribution >= 0.6 is 0 Å². The maximum Gasteiger partial charge on any atom is 0.391 e. The van der Waals surface area contributed by atoms with E-state index >= 15 is 0 Å². The highest BCUT2D eigenvalue weighted by Gasteiger charge is 2.43. The first-order valence-corrected chi connectivity index (χ1v) is 9.55. The van der Waals surface area contributed by atoms with Crippen molar-refractivity contribution in [1.82, 2.24) is 10.2 Å². The number of alkyl halides is 3. The fraction of sp³-hybridized carbons (Fsp3) is 0.650. The largest absolute Gasteiger partial charge is 0.391 e. The highest BCUT2D eigenvalue weighted by molar-refractivity contribution is 5.79. The summed E-state index contributed by atoms with van der Waals surface area (Å²) in [6, 6.07) is 10.2. The molecule has 144 valence electrons. The van der Waals surface area contributed by atoms with Gasteiger partial charge in [-0.1, -0.05) is 36.8 Å². The van der Waals surface area contributed by atoms with E-state index in [0.29, 0.717) is 12.8 Å². The predicted molar refractivity (Wildman–Crippen MR) is 94.4 cm³/mol. The first-order valence-electron chi connectivity index (χ1n) is 9.55. The standard InChI is InChI=1S/C20H27F3N2O/c21-20(22,23)17-9-4-8-16(12-17)19(26)24-18-10-5-11-25(14-18)13-15-6-2-1-3-7-15/h1-3,6-7,16-18H,4-5,8-14H2,(H,24,26). The number of carbonyl (C=O) groups is 1. The van der Waals surface area contributed by atoms with Gasteiger partial charge in [-0.15, -0.1) is 0 Å². The summed E-state index contributed by atoms with van der Waals surface area (Å²) >= 11 is 0. The second-order valence-electron chi connectivity index (χ2n) is 7.67. The van der Waals surface area contributed by atoms with E-state index in [9.17, 15) is 18.0 Å². The molecule has 2 fully saturated rings. The quantitative estimate of drug-likeness (QED) is 0.866. The van der Waals surface area contributed by atoms with Gasteiger partial charge in [0.1, 0.15) is 0 Å². The van der Waals surface area contributed by atoms with Gasteiger partial charge in [0.25, 0.3) is 0 Å². The first-order chi connectivity index (χ1) is 12.4. The maximum absolute atomic E-state index is 13.0. The van der Waals surface area contributed by atoms with Crippen LogP contribution in [0, 0.1) is 11.8 Å². The fourth-order valence-corrected chi connectivity index (χ4v) is 4.20. The van der Waals surface area contributed by atoms with Gasteiger partial charge >= 0.3 is 6.18 Å². The molecule has 1 aromatic carbocycles. The molecule has 1 heterocycles. The van der Waals surface area contributed by atoms with Gasteiger partial charge in [-0.25, -0.2) is 0 Å². The summed E-state index contributed by atoms with van der Waals surface area (Å²) in [5.41, 5.74) is 1.24. The van der Waals surface area contributed by atoms with E-state index in [1.165, 1.54) is 5.56 Å². The number of piperidine rings is 1. The third kappa shape index (κ3) is 5.22. The lowest BCUT2D eigenvalue weighted by Crippen LogP contribution is -2.49. The van der Waals surface area contributed by atoms with Crippen LogP contribution in [0.1, 0.15) is 44.1 Å². The Balaban J connectivity index is 1.50. The number of halogens is 3. The van der Waals surface area contributed by atoms with Crippen LogP contribution in [0.4, 0.5) is 13.2 Å². The molecule has 0 bridgehead atoms. The lowest BCUT2D eigenvalue weighted by atomic mass is 9.80. The molecule has 1 amide bonds. The highest BCUT2D eigenvalue weighted by Crippen LogP contribution is 2.40. The van der Waals surface area contributed by atoms with Crippen LogP contribution in [0.5, 0.6) is 0 Å². The van der Waals surface area contributed by atoms with Crippen molar-refractivity contribution in [2.24, 2.45) is 11.8 Å². The van der Waals surface area contributed by atoms with Crippen LogP contribution < -0.4 is 5.32 Å². The Hall–Kier alpha value is -1.56. The topological polar surface area (TPSA) is 32.3 Å². The Morgan fingerprint density at radius 3 is 2.62 bits per heavy atom. The minimum absolute atomic E-state index is 0.0335. The summed E-state index contributed by atoms with van der Waals surface area (Å²) in [5.74, 6) is -2.02. The molecular formula is C20H27F3N2O. The summed E-state index contributed by atoms with van der Waals surface area (Å²) in [7, 11) is 0. The second kappa shape index (κ2) is 8.42. The minimum Gasteiger partial charge on any atom is -0.352 e. The third-order valence-corrected chi connectivity index (χ3v) is 5.61. The molecule has 3 unspecified atom stereocenters. The van der Waals surface area contributed by atoms with E-state index in [-0.39, 0.29) is 24.8 Å². The van der Waals surface area contributed by atoms with E-state index < -0.39 is 18.0 Å². The Morgan fingerprint density at radius 1 is 1.12 bits per heavy atom. The number of hydrogen-bond acceptors (Lipinski definition) is 2. The van der Waals surface area contributed by atoms with E-state index in [4.69, 9.17) is 0 Å². The Labute approximate surface area is 152 Å². The number of amides is 1. The van der Waals surface area contributed by atoms with Crippen molar-refractivity contribution >= 4 is 5.91 Å². The first kappa shape index (κ1) is 19.2. The molecule has 6 heteroatoms. The van der Waals surface area contributed by atoms with Crippen molar-refractivity contribution in [1.29, 1.82) is 0 Å². The van der Waals surface area contributed by atoms with Crippen molar-refractivity contribution < 1.29 is 18.0 Å². The molecule has 3 atom stereocenters. The van der Waals surface area contributed by atoms with Crippen LogP contribution in [0.2, 0.25) is 0 Å². The molecule has 3 rings (SSSR count). The second-order valence-corrected chi connectivity index (χ2v) is 7.67. The SMILES string of the molecule is O=C(NC1CCCN(Cc2ccccc2)C1)C1CCCC(C(F)(F)F)C1. The zero-order chi connectivity index (χ0) is 18.6. The van der Waals surface area contributed by atoms with E-state index in [1.807, 2.05) is 18.2 Å². The van der Waals surface area contributed by atoms with Gasteiger partial charge in [0, 0.05) is 25.0 Å². The molecule has 0 radical (unpaired) electrons. The number of nitrogens with one attached hydrogen (secondary N) is 1. The van der Waals surface area contributed by atoms with Crippen molar-refractivity contribution in [2.45, 2.75) is 57.3 Å². The predicted octanol–water partition coefficient (Wildman–Crippen LogP) is 4.14. The molecule has 26 heavy (non-hydrogen) atoms. The van der Waals surface area contributed by atoms with Crippen LogP contribution in [-0.4, -0.2) is 36.1 Å². The van der Waals surface area contributed by atoms with Gasteiger partial charge in [0.2, 0.25) is 5.91 Å². The summed E-state index contributed by atoms with van der Waals surface area (Å²) in [5, 5.41) is 3.03. The zero-order valence-electron chi connectivity index (χ0n) is 15.0. The molecule has 1 aliphatic carbocycles. The average Bonchev–Trinajstić information content (AvgIpc) is 2.62. The van der Waals surface area contributed by atoms with Gasteiger partial charge < -0.3 is 5.32 Å². The van der Waals surface area contributed by atoms with Crippen molar-refractivity contribution in [2.75, 3.05) is 13.1 Å². The number of rotatable bonds is 4. The lowest BCUT2D eigenvalue weighted by Gasteiger charge is -2.35. The Morgan fingerprint density at radius 2 is 1.88 bits per heavy atom. The van der Waals surface area contributed by atoms with Crippen LogP contribution in [0.25, 0.3) is 0 Å². The minimum atomic E-state index is -4.18. The van der Waals surface area contributed by atoms with Crippen molar-refractivity contribution in [3.63, 3.8) is 0 Å². The molecule has 3 nitrogen and oxygen atoms in total. The Bertz CT molecular complexity index is 590. The lowest BCUT2D eigenvalue weighted by molar-refractivity contribution is -0.186. The molecule has 1 saturated heterocycles. The third-order valence-electron chi connectivity index (χ3n) is 5.61. The molecular weight excluding hydrogens is 341 g/mol. The molecule has 1 N–H and O–H groups in total. The fourth-order valence-electron chi connectivity index (χ4n) is 4.20. The van der Waals surface area contributed by atoms with Crippen molar-refractivity contribution in [3.05, 3.63) is 35.9 Å². The van der Waals surface area contributed by atoms with Crippen LogP contribution in [-0.2, 0) is 11.3 Å². The molecule has 1 saturated carbocycles. The van der Waals surface area contributed by atoms with E-state index in [1.54, 1.807) is 0 Å². The summed E-state index contributed by atoms with van der Waals surface area (Å²) in [4.78, 5) is 14.8. The highest BCUT2D eigenvalue weighted by atomic mass is 19.4. The average molecular weight is 368 g/mol. The van der Waals surface area contributed by atoms with Gasteiger partial charge in [-0.2, -0.15) is 13.2 Å². The van der Waals surface area contributed by atoms with Gasteiger partial charge in [-0.05, 0) is 44.2 Å². The molecule has 1 aromatic rings. The van der Waals surface area contributed by atoms with Gasteiger partial charge in [-0.3, -0.25) is 9.69 Å². The molecule has 0 spiro atoms. The summed E-state index contributed by atoms with van der Waals surface area (Å²) in [6.45, 7) is 2.59. The number of likely N-dealkylation sites (tertiary alicyclic amines) is 1. The Kier molecular flexibility index (Phi) is 6.22. The molecule has 2 aliphatic rings. The van der Waals surface area contributed by atoms with Crippen molar-refractivity contribution in [3.8, 4) is 0 Å². The normalized spacial score (nSPS) is 27.9. The van der Waals surface area contributed by atoms with E-state index in [0.717, 1.165) is 32.5 Å². The number of benzene rings is 1. The monoisotopic (exact) mass is 368 g/mol. The number of nitrogens with zero attached hydrogens (tertiary/aromatic N) is 1. The maximum atomic E-state index is 13.0. The van der Waals surface area contributed by atoms with E-state index in [2.05, 4.69) is 22.3 Å². The summed E-state index contributed by atoms with van der Waals surface area (Å²) in [6.07, 6.45) is -1.15. The number of hydrogen-bond donors (Lipinski definition) is 1. The smallest absolute Gasteiger partial charge is 0.352 e. The summed E-state index contributed by atoms with van der Waals surface area (Å²) < 4.78 is 38.9. The van der Waals surface area contributed by atoms with Crippen LogP contribution in [0.15, 0.2) is 30.3 Å². The molecule has 0 aromatic heterocycles. The number of carbonyl (C=O) groups excluding carboxylic acids is 1. The van der Waals surface area contributed by atoms with Crippen LogP contribution in [0.3, 0.4) is 0 Å².